The Balaban J connectivity index is 1.29. The Morgan fingerprint density at radius 2 is 1.93 bits per heavy atom. The van der Waals surface area contributed by atoms with Crippen molar-refractivity contribution in [1.82, 2.24) is 25.8 Å². The van der Waals surface area contributed by atoms with Gasteiger partial charge in [0.15, 0.2) is 0 Å². The van der Waals surface area contributed by atoms with Crippen LogP contribution in [0.15, 0.2) is 53.3 Å². The van der Waals surface area contributed by atoms with Crippen molar-refractivity contribution >= 4 is 23.4 Å². The largest absolute Gasteiger partial charge is 0.347 e. The maximum Gasteiger partial charge on any atom is 0.254 e. The molecule has 1 aliphatic rings. The van der Waals surface area contributed by atoms with Crippen LogP contribution in [0.25, 0.3) is 11.4 Å². The number of hydrogen-bond acceptors (Lipinski definition) is 7. The van der Waals surface area contributed by atoms with E-state index < -0.39 is 6.04 Å². The lowest BCUT2D eigenvalue weighted by molar-refractivity contribution is -0.122. The third-order valence-corrected chi connectivity index (χ3v) is 4.55. The number of benzene rings is 1. The zero-order valence-electron chi connectivity index (χ0n) is 15.8. The van der Waals surface area contributed by atoms with Crippen LogP contribution in [0.3, 0.4) is 0 Å². The van der Waals surface area contributed by atoms with Crippen LogP contribution in [0, 0.1) is 0 Å². The highest BCUT2D eigenvalue weighted by Crippen LogP contribution is 2.19. The molecule has 0 saturated heterocycles. The number of nitrogens with zero attached hydrogens (tertiary/aromatic N) is 3. The van der Waals surface area contributed by atoms with E-state index in [9.17, 15) is 14.4 Å². The number of hydrogen-bond donors (Lipinski definition) is 3. The second-order valence-corrected chi connectivity index (χ2v) is 6.62. The van der Waals surface area contributed by atoms with Crippen LogP contribution in [0.2, 0.25) is 0 Å². The molecule has 0 radical (unpaired) electrons. The summed E-state index contributed by atoms with van der Waals surface area (Å²) in [6.45, 7) is 0.0611. The summed E-state index contributed by atoms with van der Waals surface area (Å²) in [6.07, 6.45) is 3.44. The lowest BCUT2D eigenvalue weighted by Gasteiger charge is -2.14. The first kappa shape index (κ1) is 19.2. The minimum absolute atomic E-state index is 0.0417. The average molecular weight is 406 g/mol. The third-order valence-electron chi connectivity index (χ3n) is 4.55. The van der Waals surface area contributed by atoms with Crippen molar-refractivity contribution in [3.8, 4) is 11.4 Å². The smallest absolute Gasteiger partial charge is 0.254 e. The van der Waals surface area contributed by atoms with Gasteiger partial charge in [0.1, 0.15) is 6.04 Å². The Morgan fingerprint density at radius 3 is 2.77 bits per heavy atom. The van der Waals surface area contributed by atoms with E-state index in [1.165, 1.54) is 0 Å². The van der Waals surface area contributed by atoms with Gasteiger partial charge < -0.3 is 20.5 Å². The first-order chi connectivity index (χ1) is 14.6. The van der Waals surface area contributed by atoms with Crippen LogP contribution >= 0.6 is 0 Å². The van der Waals surface area contributed by atoms with Crippen LogP contribution in [-0.2, 0) is 16.1 Å². The molecule has 152 valence electrons. The number of fused-ring (bicyclic) bond motifs is 1. The van der Waals surface area contributed by atoms with Gasteiger partial charge in [-0.15, -0.1) is 0 Å². The number of carbonyl (C=O) groups excluding carboxylic acids is 3. The molecule has 4 rings (SSSR count). The molecule has 2 aromatic heterocycles. The molecule has 30 heavy (non-hydrogen) atoms. The second-order valence-electron chi connectivity index (χ2n) is 6.62. The van der Waals surface area contributed by atoms with Gasteiger partial charge in [-0.2, -0.15) is 4.98 Å². The maximum atomic E-state index is 12.4. The van der Waals surface area contributed by atoms with Gasteiger partial charge >= 0.3 is 0 Å². The summed E-state index contributed by atoms with van der Waals surface area (Å²) in [5, 5.41) is 11.9. The van der Waals surface area contributed by atoms with Crippen molar-refractivity contribution in [2.24, 2.45) is 0 Å². The standard InChI is InChI=1S/C20H18N6O4/c27-16(22-11-17-25-18(26-30-17)12-7-9-21-10-8-12)6-5-15-20(29)23-14-4-2-1-3-13(14)19(28)24-15/h1-4,7-10,15H,5-6,11H2,(H,22,27)(H,23,29)(H,24,28)/t15-/m1/s1. The summed E-state index contributed by atoms with van der Waals surface area (Å²) >= 11 is 0. The Morgan fingerprint density at radius 1 is 1.13 bits per heavy atom. The van der Waals surface area contributed by atoms with Gasteiger partial charge in [0.25, 0.3) is 5.91 Å². The molecule has 0 bridgehead atoms. The fourth-order valence-electron chi connectivity index (χ4n) is 3.00. The molecule has 0 fully saturated rings. The van der Waals surface area contributed by atoms with Gasteiger partial charge in [0, 0.05) is 24.4 Å². The van der Waals surface area contributed by atoms with E-state index in [4.69, 9.17) is 4.52 Å². The molecule has 1 aromatic carbocycles. The highest BCUT2D eigenvalue weighted by atomic mass is 16.5. The number of aromatic nitrogens is 3. The van der Waals surface area contributed by atoms with Crippen molar-refractivity contribution in [2.75, 3.05) is 5.32 Å². The molecular weight excluding hydrogens is 388 g/mol. The predicted octanol–water partition coefficient (Wildman–Crippen LogP) is 1.28. The van der Waals surface area contributed by atoms with Crippen molar-refractivity contribution in [3.05, 3.63) is 60.2 Å². The van der Waals surface area contributed by atoms with Crippen molar-refractivity contribution in [2.45, 2.75) is 25.4 Å². The number of anilines is 1. The molecule has 10 heteroatoms. The van der Waals surface area contributed by atoms with E-state index in [1.807, 2.05) is 0 Å². The van der Waals surface area contributed by atoms with Gasteiger partial charge in [-0.05, 0) is 30.7 Å². The summed E-state index contributed by atoms with van der Waals surface area (Å²) in [7, 11) is 0. The topological polar surface area (TPSA) is 139 Å². The fraction of sp³-hybridized carbons (Fsp3) is 0.200. The lowest BCUT2D eigenvalue weighted by atomic mass is 10.1. The van der Waals surface area contributed by atoms with Crippen LogP contribution < -0.4 is 16.0 Å². The molecule has 3 aromatic rings. The molecule has 0 aliphatic carbocycles. The minimum atomic E-state index is -0.808. The van der Waals surface area contributed by atoms with E-state index >= 15 is 0 Å². The summed E-state index contributed by atoms with van der Waals surface area (Å²) < 4.78 is 5.13. The van der Waals surface area contributed by atoms with E-state index in [0.717, 1.165) is 5.56 Å². The highest BCUT2D eigenvalue weighted by Gasteiger charge is 2.27. The van der Waals surface area contributed by atoms with E-state index in [0.29, 0.717) is 17.1 Å². The Labute approximate surface area is 171 Å². The fourth-order valence-corrected chi connectivity index (χ4v) is 3.00. The molecule has 3 amide bonds. The van der Waals surface area contributed by atoms with E-state index in [2.05, 4.69) is 31.1 Å². The Hall–Kier alpha value is -4.08. The minimum Gasteiger partial charge on any atom is -0.347 e. The van der Waals surface area contributed by atoms with Crippen molar-refractivity contribution in [3.63, 3.8) is 0 Å². The van der Waals surface area contributed by atoms with Gasteiger partial charge in [-0.25, -0.2) is 0 Å². The summed E-state index contributed by atoms with van der Waals surface area (Å²) in [5.74, 6) is -0.364. The lowest BCUT2D eigenvalue weighted by Crippen LogP contribution is -2.42. The predicted molar refractivity (Wildman–Crippen MR) is 105 cm³/mol. The highest BCUT2D eigenvalue weighted by molar-refractivity contribution is 6.09. The molecule has 3 heterocycles. The molecule has 10 nitrogen and oxygen atoms in total. The number of nitrogens with one attached hydrogen (secondary N) is 3. The Bertz CT molecular complexity index is 1080. The van der Waals surface area contributed by atoms with Crippen LogP contribution in [-0.4, -0.2) is 38.9 Å². The SMILES string of the molecule is O=C(CC[C@H]1NC(=O)c2ccccc2NC1=O)NCc1nc(-c2ccncc2)no1. The maximum absolute atomic E-state index is 12.4. The molecule has 1 atom stereocenters. The van der Waals surface area contributed by atoms with Crippen LogP contribution in [0.4, 0.5) is 5.69 Å². The number of carbonyl (C=O) groups is 3. The first-order valence-corrected chi connectivity index (χ1v) is 9.30. The quantitative estimate of drug-likeness (QED) is 0.560. The summed E-state index contributed by atoms with van der Waals surface area (Å²) in [4.78, 5) is 45.0. The molecule has 3 N–H and O–H groups in total. The van der Waals surface area contributed by atoms with Crippen LogP contribution in [0.1, 0.15) is 29.1 Å². The monoisotopic (exact) mass is 406 g/mol. The number of para-hydroxylation sites is 1. The van der Waals surface area contributed by atoms with Crippen molar-refractivity contribution < 1.29 is 18.9 Å². The van der Waals surface area contributed by atoms with E-state index in [-0.39, 0.29) is 43.0 Å². The average Bonchev–Trinajstić information content (AvgIpc) is 3.20. The Kier molecular flexibility index (Phi) is 5.46. The van der Waals surface area contributed by atoms with E-state index in [1.54, 1.807) is 48.8 Å². The molecule has 0 saturated carbocycles. The second kappa shape index (κ2) is 8.52. The number of amides is 3. The molecule has 0 unspecified atom stereocenters. The zero-order chi connectivity index (χ0) is 20.9. The summed E-state index contributed by atoms with van der Waals surface area (Å²) in [6, 6.07) is 9.43. The van der Waals surface area contributed by atoms with Crippen molar-refractivity contribution in [1.29, 1.82) is 0 Å². The normalized spacial score (nSPS) is 15.5. The molecular formula is C20H18N6O4. The molecule has 0 spiro atoms. The zero-order valence-corrected chi connectivity index (χ0v) is 15.8. The summed E-state index contributed by atoms with van der Waals surface area (Å²) in [5.41, 5.74) is 1.59. The number of rotatable bonds is 6. The van der Waals surface area contributed by atoms with Gasteiger partial charge in [0.2, 0.25) is 23.5 Å². The van der Waals surface area contributed by atoms with Gasteiger partial charge in [-0.1, -0.05) is 17.3 Å². The van der Waals surface area contributed by atoms with Crippen LogP contribution in [0.5, 0.6) is 0 Å². The van der Waals surface area contributed by atoms with Gasteiger partial charge in [-0.3, -0.25) is 19.4 Å². The third kappa shape index (κ3) is 4.32. The number of pyridine rings is 1. The first-order valence-electron chi connectivity index (χ1n) is 9.30. The molecule has 1 aliphatic heterocycles. The van der Waals surface area contributed by atoms with Gasteiger partial charge in [0.05, 0.1) is 17.8 Å².